The van der Waals surface area contributed by atoms with E-state index < -0.39 is 48.6 Å². The fourth-order valence-corrected chi connectivity index (χ4v) is 3.94. The molecule has 17 heteroatoms. The van der Waals surface area contributed by atoms with Gasteiger partial charge < -0.3 is 35.3 Å². The van der Waals surface area contributed by atoms with Crippen LogP contribution in [0, 0.1) is 0 Å². The van der Waals surface area contributed by atoms with Crippen LogP contribution < -0.4 is 26.6 Å². The molecule has 3 amide bonds. The number of hydrogen-bond donors (Lipinski definition) is 5. The van der Waals surface area contributed by atoms with E-state index in [4.69, 9.17) is 14.9 Å². The molecule has 3 aromatic rings. The van der Waals surface area contributed by atoms with Crippen molar-refractivity contribution in [2.45, 2.75) is 39.8 Å². The summed E-state index contributed by atoms with van der Waals surface area (Å²) >= 11 is 0. The van der Waals surface area contributed by atoms with E-state index >= 15 is 0 Å². The van der Waals surface area contributed by atoms with Gasteiger partial charge in [0.2, 0.25) is 0 Å². The van der Waals surface area contributed by atoms with Crippen LogP contribution >= 0.6 is 0 Å². The molecule has 2 aromatic heterocycles. The van der Waals surface area contributed by atoms with Crippen molar-refractivity contribution in [3.05, 3.63) is 45.1 Å². The molecule has 0 aliphatic rings. The second kappa shape index (κ2) is 15.0. The van der Waals surface area contributed by atoms with E-state index in [1.807, 2.05) is 13.8 Å². The summed E-state index contributed by atoms with van der Waals surface area (Å²) in [6.45, 7) is 2.56. The van der Waals surface area contributed by atoms with Gasteiger partial charge in [-0.1, -0.05) is 13.8 Å². The zero-order valence-electron chi connectivity index (χ0n) is 23.6. The van der Waals surface area contributed by atoms with E-state index in [0.717, 1.165) is 0 Å². The Morgan fingerprint density at radius 1 is 0.977 bits per heavy atom. The number of aryl methyl sites for hydroxylation is 1. The van der Waals surface area contributed by atoms with E-state index in [-0.39, 0.29) is 25.2 Å². The summed E-state index contributed by atoms with van der Waals surface area (Å²) in [6.07, 6.45) is -1.24. The number of imidazole rings is 1. The average molecular weight is 604 g/mol. The lowest BCUT2D eigenvalue weighted by molar-refractivity contribution is -0.138. The Morgan fingerprint density at radius 3 is 2.26 bits per heavy atom. The first-order valence-electron chi connectivity index (χ1n) is 13.4. The summed E-state index contributed by atoms with van der Waals surface area (Å²) in [6, 6.07) is 6.61. The Bertz CT molecular complexity index is 1580. The van der Waals surface area contributed by atoms with Crippen molar-refractivity contribution in [1.82, 2.24) is 34.6 Å². The number of amides is 3. The molecule has 0 aliphatic heterocycles. The predicted octanol–water partition coefficient (Wildman–Crippen LogP) is 0.617. The molecule has 0 atom stereocenters. The zero-order valence-corrected chi connectivity index (χ0v) is 23.6. The molecule has 0 spiro atoms. The third-order valence-electron chi connectivity index (χ3n) is 5.92. The number of rotatable bonds is 15. The number of aromatic amines is 1. The number of carbonyl (C=O) groups excluding carboxylic acids is 2. The number of hydrogen-bond acceptors (Lipinski definition) is 9. The van der Waals surface area contributed by atoms with Crippen LogP contribution in [0.15, 0.2) is 33.9 Å². The highest BCUT2D eigenvalue weighted by Gasteiger charge is 2.18. The molecular weight excluding hydrogens is 570 g/mol. The van der Waals surface area contributed by atoms with Gasteiger partial charge in [-0.05, 0) is 37.1 Å². The second-order valence-electron chi connectivity index (χ2n) is 9.20. The molecule has 2 heterocycles. The predicted molar refractivity (Wildman–Crippen MR) is 151 cm³/mol. The topological polar surface area (TPSA) is 227 Å². The molecule has 0 radical (unpaired) electrons. The number of aromatic nitrogens is 4. The van der Waals surface area contributed by atoms with Gasteiger partial charge in [0.15, 0.2) is 19.0 Å². The van der Waals surface area contributed by atoms with E-state index in [0.29, 0.717) is 53.6 Å². The molecule has 232 valence electrons. The molecule has 0 bridgehead atoms. The molecule has 43 heavy (non-hydrogen) atoms. The standard InChI is InChI=1S/C26H33N7O10/c1-3-11-32-22-20(23(37)33(12-4-2)25(32)39)29-21(30-22)16-5-7-17(8-6-16)42-14-18(34)27-9-10-28-24(38)43-15-31(26(40)41)13-19(35)36/h5-8H,3-4,9-15H2,1-2H3,(H,27,34)(H,28,38)(H,29,30)(H,35,36)(H,40,41). The van der Waals surface area contributed by atoms with Crippen molar-refractivity contribution in [1.29, 1.82) is 0 Å². The summed E-state index contributed by atoms with van der Waals surface area (Å²) in [7, 11) is 0. The first-order chi connectivity index (χ1) is 20.5. The summed E-state index contributed by atoms with van der Waals surface area (Å²) in [5.74, 6) is -1.10. The van der Waals surface area contributed by atoms with Crippen LogP contribution in [0.1, 0.15) is 26.7 Å². The normalized spacial score (nSPS) is 10.7. The zero-order chi connectivity index (χ0) is 31.5. The molecule has 0 aliphatic carbocycles. The van der Waals surface area contributed by atoms with Crippen LogP contribution in [0.3, 0.4) is 0 Å². The lowest BCUT2D eigenvalue weighted by Crippen LogP contribution is -2.40. The minimum Gasteiger partial charge on any atom is -0.484 e. The van der Waals surface area contributed by atoms with Crippen LogP contribution in [0.25, 0.3) is 22.6 Å². The number of nitrogens with zero attached hydrogens (tertiary/aromatic N) is 4. The summed E-state index contributed by atoms with van der Waals surface area (Å²) in [4.78, 5) is 79.0. The Morgan fingerprint density at radius 2 is 1.63 bits per heavy atom. The lowest BCUT2D eigenvalue weighted by atomic mass is 10.2. The van der Waals surface area contributed by atoms with Gasteiger partial charge in [0.1, 0.15) is 23.6 Å². The average Bonchev–Trinajstić information content (AvgIpc) is 3.42. The molecule has 0 saturated heterocycles. The third-order valence-corrected chi connectivity index (χ3v) is 5.92. The molecule has 3 rings (SSSR count). The molecule has 0 unspecified atom stereocenters. The Labute approximate surface area is 244 Å². The van der Waals surface area contributed by atoms with Crippen LogP contribution in [-0.4, -0.2) is 91.3 Å². The number of carboxylic acids is 1. The van der Waals surface area contributed by atoms with Crippen LogP contribution in [-0.2, 0) is 27.4 Å². The Hall–Kier alpha value is -5.35. The molecule has 0 saturated carbocycles. The van der Waals surface area contributed by atoms with Crippen molar-refractivity contribution in [2.75, 3.05) is 33.0 Å². The highest BCUT2D eigenvalue weighted by molar-refractivity contribution is 5.78. The van der Waals surface area contributed by atoms with Gasteiger partial charge >= 0.3 is 23.8 Å². The SMILES string of the molecule is CCCn1c(=O)c2[nH]c(-c3ccc(OCC(=O)NCCNC(=O)OCN(CC(=O)O)C(=O)O)cc3)nc2n(CCC)c1=O. The largest absolute Gasteiger partial charge is 0.484 e. The fraction of sp³-hybridized carbons (Fsp3) is 0.423. The Balaban J connectivity index is 1.50. The van der Waals surface area contributed by atoms with Gasteiger partial charge in [-0.3, -0.25) is 28.4 Å². The summed E-state index contributed by atoms with van der Waals surface area (Å²) < 4.78 is 12.8. The minimum absolute atomic E-state index is 0.0170. The van der Waals surface area contributed by atoms with Crippen molar-refractivity contribution < 1.29 is 38.9 Å². The van der Waals surface area contributed by atoms with Crippen LogP contribution in [0.5, 0.6) is 5.75 Å². The number of benzene rings is 1. The lowest BCUT2D eigenvalue weighted by Gasteiger charge is -2.16. The van der Waals surface area contributed by atoms with E-state index in [1.165, 1.54) is 9.13 Å². The number of fused-ring (bicyclic) bond motifs is 1. The molecule has 1 aromatic carbocycles. The Kier molecular flexibility index (Phi) is 11.3. The van der Waals surface area contributed by atoms with Gasteiger partial charge in [-0.25, -0.2) is 19.4 Å². The maximum absolute atomic E-state index is 12.9. The highest BCUT2D eigenvalue weighted by Crippen LogP contribution is 2.21. The quantitative estimate of drug-likeness (QED) is 0.119. The summed E-state index contributed by atoms with van der Waals surface area (Å²) in [5, 5.41) is 22.3. The van der Waals surface area contributed by atoms with Crippen molar-refractivity contribution in [2.24, 2.45) is 0 Å². The first kappa shape index (κ1) is 32.2. The van der Waals surface area contributed by atoms with Gasteiger partial charge in [-0.15, -0.1) is 0 Å². The van der Waals surface area contributed by atoms with E-state index in [2.05, 4.69) is 25.3 Å². The number of H-pyrrole nitrogens is 1. The van der Waals surface area contributed by atoms with Gasteiger partial charge in [-0.2, -0.15) is 0 Å². The maximum atomic E-state index is 12.9. The van der Waals surface area contributed by atoms with E-state index in [1.54, 1.807) is 24.3 Å². The number of nitrogens with one attached hydrogen (secondary N) is 3. The number of alkyl carbamates (subject to hydrolysis) is 1. The number of carboxylic acid groups (broad SMARTS) is 2. The molecular formula is C26H33N7O10. The second-order valence-corrected chi connectivity index (χ2v) is 9.20. The first-order valence-corrected chi connectivity index (χ1v) is 13.4. The molecule has 17 nitrogen and oxygen atoms in total. The smallest absolute Gasteiger partial charge is 0.410 e. The highest BCUT2D eigenvalue weighted by atomic mass is 16.6. The van der Waals surface area contributed by atoms with Crippen LogP contribution in [0.2, 0.25) is 0 Å². The maximum Gasteiger partial charge on any atom is 0.410 e. The fourth-order valence-electron chi connectivity index (χ4n) is 3.94. The molecule has 0 fully saturated rings. The third kappa shape index (κ3) is 8.57. The number of carbonyl (C=O) groups is 4. The van der Waals surface area contributed by atoms with E-state index in [9.17, 15) is 28.8 Å². The minimum atomic E-state index is -1.57. The van der Waals surface area contributed by atoms with Gasteiger partial charge in [0.25, 0.3) is 11.5 Å². The van der Waals surface area contributed by atoms with Gasteiger partial charge in [0, 0.05) is 31.7 Å². The van der Waals surface area contributed by atoms with Crippen molar-refractivity contribution in [3.8, 4) is 17.1 Å². The van der Waals surface area contributed by atoms with Crippen LogP contribution in [0.4, 0.5) is 9.59 Å². The number of ether oxygens (including phenoxy) is 2. The van der Waals surface area contributed by atoms with Crippen molar-refractivity contribution >= 4 is 35.2 Å². The molecule has 5 N–H and O–H groups in total. The monoisotopic (exact) mass is 603 g/mol. The number of aliphatic carboxylic acids is 1. The van der Waals surface area contributed by atoms with Gasteiger partial charge in [0.05, 0.1) is 0 Å². The summed E-state index contributed by atoms with van der Waals surface area (Å²) in [5.41, 5.74) is 0.358. The van der Waals surface area contributed by atoms with Crippen molar-refractivity contribution in [3.63, 3.8) is 0 Å².